The zero-order valence-corrected chi connectivity index (χ0v) is 22.6. The van der Waals surface area contributed by atoms with Crippen LogP contribution in [0.2, 0.25) is 4.34 Å². The normalized spacial score (nSPS) is 14.6. The zero-order valence-electron chi connectivity index (χ0n) is 21.0. The van der Waals surface area contributed by atoms with E-state index < -0.39 is 6.09 Å². The molecule has 6 heteroatoms. The fraction of sp³-hybridized carbons (Fsp3) is 0.226. The molecular formula is C31H28ClNO3S. The van der Waals surface area contributed by atoms with Crippen molar-refractivity contribution in [1.82, 2.24) is 0 Å². The SMILES string of the molecule is CC(=O)C1(c2ccc(-c3ccc(-c4sc(Cl)cc4NC(=O)O[C@H](C)c4ccccc4C)cc3)cc2)CC1. The average molecular weight is 530 g/mol. The van der Waals surface area contributed by atoms with Crippen molar-refractivity contribution in [2.24, 2.45) is 0 Å². The number of hydrogen-bond acceptors (Lipinski definition) is 4. The van der Waals surface area contributed by atoms with Crippen molar-refractivity contribution >= 4 is 40.5 Å². The molecule has 1 fully saturated rings. The van der Waals surface area contributed by atoms with E-state index in [0.717, 1.165) is 51.1 Å². The minimum Gasteiger partial charge on any atom is -0.441 e. The van der Waals surface area contributed by atoms with E-state index in [1.165, 1.54) is 11.3 Å². The second kappa shape index (κ2) is 10.2. The topological polar surface area (TPSA) is 55.4 Å². The maximum absolute atomic E-state index is 12.7. The number of rotatable bonds is 7. The highest BCUT2D eigenvalue weighted by molar-refractivity contribution is 7.20. The zero-order chi connectivity index (χ0) is 26.2. The van der Waals surface area contributed by atoms with Gasteiger partial charge in [0.25, 0.3) is 0 Å². The van der Waals surface area contributed by atoms with E-state index in [4.69, 9.17) is 16.3 Å². The van der Waals surface area contributed by atoms with Gasteiger partial charge >= 0.3 is 6.09 Å². The van der Waals surface area contributed by atoms with Crippen molar-refractivity contribution in [3.05, 3.63) is 99.9 Å². The van der Waals surface area contributed by atoms with E-state index in [1.807, 2.05) is 50.2 Å². The molecular weight excluding hydrogens is 502 g/mol. The van der Waals surface area contributed by atoms with Crippen LogP contribution >= 0.6 is 22.9 Å². The standard InChI is InChI=1S/C31H28ClNO3S/c1-19-6-4-5-7-26(19)20(2)36-30(35)33-27-18-28(32)37-29(27)24-10-8-22(9-11-24)23-12-14-25(15-13-23)31(16-17-31)21(3)34/h4-15,18,20H,16-17H2,1-3H3,(H,33,35)/t20-/m1/s1. The summed E-state index contributed by atoms with van der Waals surface area (Å²) >= 11 is 7.74. The van der Waals surface area contributed by atoms with E-state index in [0.29, 0.717) is 10.0 Å². The predicted molar refractivity (Wildman–Crippen MR) is 151 cm³/mol. The van der Waals surface area contributed by atoms with Crippen LogP contribution in [-0.2, 0) is 14.9 Å². The highest BCUT2D eigenvalue weighted by atomic mass is 35.5. The molecule has 0 spiro atoms. The van der Waals surface area contributed by atoms with Crippen molar-refractivity contribution in [1.29, 1.82) is 0 Å². The number of hydrogen-bond donors (Lipinski definition) is 1. The summed E-state index contributed by atoms with van der Waals surface area (Å²) in [6, 6.07) is 26.1. The number of benzene rings is 3. The first-order valence-corrected chi connectivity index (χ1v) is 13.5. The van der Waals surface area contributed by atoms with Gasteiger partial charge in [-0.1, -0.05) is 84.4 Å². The van der Waals surface area contributed by atoms with E-state index in [-0.39, 0.29) is 17.3 Å². The number of aryl methyl sites for hydroxylation is 1. The molecule has 1 saturated carbocycles. The van der Waals surface area contributed by atoms with Crippen molar-refractivity contribution in [2.45, 2.75) is 45.1 Å². The molecule has 188 valence electrons. The highest BCUT2D eigenvalue weighted by Crippen LogP contribution is 2.49. The average Bonchev–Trinajstić information content (AvgIpc) is 3.62. The van der Waals surface area contributed by atoms with Crippen LogP contribution in [0, 0.1) is 6.92 Å². The van der Waals surface area contributed by atoms with Crippen LogP contribution in [0.15, 0.2) is 78.9 Å². The molecule has 3 aromatic carbocycles. The first-order valence-electron chi connectivity index (χ1n) is 12.3. The first kappa shape index (κ1) is 25.2. The quantitative estimate of drug-likeness (QED) is 0.260. The van der Waals surface area contributed by atoms with Gasteiger partial charge in [0.2, 0.25) is 0 Å². The van der Waals surface area contributed by atoms with Gasteiger partial charge < -0.3 is 4.74 Å². The molecule has 0 unspecified atom stereocenters. The molecule has 1 heterocycles. The third kappa shape index (κ3) is 5.20. The minimum atomic E-state index is -0.526. The van der Waals surface area contributed by atoms with Gasteiger partial charge in [0.15, 0.2) is 0 Å². The Labute approximate surface area is 226 Å². The summed E-state index contributed by atoms with van der Waals surface area (Å²) in [5.41, 5.74) is 6.62. The number of Topliss-reactive ketones (excluding diaryl/α,β-unsaturated/α-hetero) is 1. The number of carbonyl (C=O) groups is 2. The van der Waals surface area contributed by atoms with Gasteiger partial charge in [0.05, 0.1) is 20.3 Å². The van der Waals surface area contributed by atoms with Gasteiger partial charge in [-0.2, -0.15) is 0 Å². The molecule has 37 heavy (non-hydrogen) atoms. The number of halogens is 1. The molecule has 1 aromatic heterocycles. The van der Waals surface area contributed by atoms with Crippen LogP contribution in [0.5, 0.6) is 0 Å². The maximum Gasteiger partial charge on any atom is 0.412 e. The Bertz CT molecular complexity index is 1450. The summed E-state index contributed by atoms with van der Waals surface area (Å²) in [5.74, 6) is 0.247. The number of carbonyl (C=O) groups excluding carboxylic acids is 2. The molecule has 1 aliphatic rings. The van der Waals surface area contributed by atoms with Crippen molar-refractivity contribution in [2.75, 3.05) is 5.32 Å². The van der Waals surface area contributed by atoms with Crippen LogP contribution in [0.25, 0.3) is 21.6 Å². The number of thiophene rings is 1. The summed E-state index contributed by atoms with van der Waals surface area (Å²) in [4.78, 5) is 25.6. The second-order valence-corrected chi connectivity index (χ2v) is 11.3. The summed E-state index contributed by atoms with van der Waals surface area (Å²) in [7, 11) is 0. The Morgan fingerprint density at radius 3 is 2.14 bits per heavy atom. The molecule has 0 saturated heterocycles. The van der Waals surface area contributed by atoms with E-state index in [9.17, 15) is 9.59 Å². The second-order valence-electron chi connectivity index (χ2n) is 9.62. The van der Waals surface area contributed by atoms with Crippen LogP contribution < -0.4 is 5.32 Å². The van der Waals surface area contributed by atoms with Crippen LogP contribution in [-0.4, -0.2) is 11.9 Å². The first-order chi connectivity index (χ1) is 17.8. The summed E-state index contributed by atoms with van der Waals surface area (Å²) in [6.45, 7) is 5.54. The molecule has 0 aliphatic heterocycles. The van der Waals surface area contributed by atoms with E-state index in [1.54, 1.807) is 13.0 Å². The Morgan fingerprint density at radius 1 is 0.946 bits per heavy atom. The van der Waals surface area contributed by atoms with E-state index >= 15 is 0 Å². The lowest BCUT2D eigenvalue weighted by Gasteiger charge is -2.16. The smallest absolute Gasteiger partial charge is 0.412 e. The number of amides is 1. The van der Waals surface area contributed by atoms with Crippen LogP contribution in [0.4, 0.5) is 10.5 Å². The summed E-state index contributed by atoms with van der Waals surface area (Å²) in [6.07, 6.45) is 0.972. The van der Waals surface area contributed by atoms with Gasteiger partial charge in [-0.25, -0.2) is 4.79 Å². The molecule has 1 atom stereocenters. The molecule has 1 aliphatic carbocycles. The number of ketones is 1. The lowest BCUT2D eigenvalue weighted by atomic mass is 9.90. The Morgan fingerprint density at radius 2 is 1.54 bits per heavy atom. The van der Waals surface area contributed by atoms with Crippen molar-refractivity contribution < 1.29 is 14.3 Å². The lowest BCUT2D eigenvalue weighted by molar-refractivity contribution is -0.119. The van der Waals surface area contributed by atoms with Gasteiger partial charge in [-0.15, -0.1) is 11.3 Å². The monoisotopic (exact) mass is 529 g/mol. The Hall–Kier alpha value is -3.41. The minimum absolute atomic E-state index is 0.247. The number of nitrogens with one attached hydrogen (secondary N) is 1. The molecule has 4 nitrogen and oxygen atoms in total. The molecule has 0 bridgehead atoms. The van der Waals surface area contributed by atoms with Crippen LogP contribution in [0.3, 0.4) is 0 Å². The predicted octanol–water partition coefficient (Wildman–Crippen LogP) is 8.97. The fourth-order valence-electron chi connectivity index (χ4n) is 4.84. The Kier molecular flexibility index (Phi) is 6.93. The van der Waals surface area contributed by atoms with Crippen molar-refractivity contribution in [3.63, 3.8) is 0 Å². The molecule has 4 aromatic rings. The molecule has 0 radical (unpaired) electrons. The number of anilines is 1. The van der Waals surface area contributed by atoms with E-state index in [2.05, 4.69) is 41.7 Å². The van der Waals surface area contributed by atoms with Gasteiger partial charge in [-0.05, 0) is 73.1 Å². The third-order valence-electron chi connectivity index (χ3n) is 7.19. The Balaban J connectivity index is 1.30. The molecule has 5 rings (SSSR count). The maximum atomic E-state index is 12.7. The van der Waals surface area contributed by atoms with Gasteiger partial charge in [-0.3, -0.25) is 10.1 Å². The third-order valence-corrected chi connectivity index (χ3v) is 8.50. The van der Waals surface area contributed by atoms with Gasteiger partial charge in [0, 0.05) is 0 Å². The lowest BCUT2D eigenvalue weighted by Crippen LogP contribution is -2.16. The highest BCUT2D eigenvalue weighted by Gasteiger charge is 2.48. The number of ether oxygens (including phenoxy) is 1. The van der Waals surface area contributed by atoms with Gasteiger partial charge in [0.1, 0.15) is 11.9 Å². The van der Waals surface area contributed by atoms with Crippen LogP contribution in [0.1, 0.15) is 49.5 Å². The molecule has 1 amide bonds. The molecule has 1 N–H and O–H groups in total. The summed E-state index contributed by atoms with van der Waals surface area (Å²) < 4.78 is 6.22. The fourth-order valence-corrected chi connectivity index (χ4v) is 6.03. The largest absolute Gasteiger partial charge is 0.441 e. The van der Waals surface area contributed by atoms with Crippen molar-refractivity contribution in [3.8, 4) is 21.6 Å². The summed E-state index contributed by atoms with van der Waals surface area (Å²) in [5, 5.41) is 2.87.